The number of aromatic nitrogens is 3. The molecule has 0 aliphatic rings. The molecule has 2 N–H and O–H groups in total. The number of nitrogens with zero attached hydrogens (tertiary/aromatic N) is 2. The number of rotatable bonds is 4. The highest BCUT2D eigenvalue weighted by Gasteiger charge is 2.16. The summed E-state index contributed by atoms with van der Waals surface area (Å²) in [5, 5.41) is 7.80. The number of nitrogens with one attached hydrogen (secondary N) is 2. The molecular weight excluding hydrogens is 312 g/mol. The first-order chi connectivity index (χ1) is 11.1. The highest BCUT2D eigenvalue weighted by atomic mass is 35.5. The van der Waals surface area contributed by atoms with E-state index in [9.17, 15) is 4.79 Å². The van der Waals surface area contributed by atoms with Crippen LogP contribution in [0.3, 0.4) is 0 Å². The third-order valence-corrected chi connectivity index (χ3v) is 4.03. The van der Waals surface area contributed by atoms with Crippen LogP contribution in [0.4, 0.5) is 0 Å². The molecule has 0 spiro atoms. The molecule has 2 aromatic heterocycles. The number of hydrogen-bond donors (Lipinski definition) is 2. The van der Waals surface area contributed by atoms with Crippen molar-refractivity contribution in [1.82, 2.24) is 20.1 Å². The van der Waals surface area contributed by atoms with E-state index < -0.39 is 0 Å². The molecule has 0 bridgehead atoms. The third-order valence-electron chi connectivity index (χ3n) is 3.80. The van der Waals surface area contributed by atoms with E-state index in [2.05, 4.69) is 15.2 Å². The standard InChI is InChI=1S/C17H17ClN4O/c1-3-22(2)17(23)15-8-12(9-19-15)16-14(10-20-21-16)11-5-4-6-13(18)7-11/h4-10,19H,3H2,1-2H3,(H,20,21). The summed E-state index contributed by atoms with van der Waals surface area (Å²) >= 11 is 6.07. The molecule has 5 nitrogen and oxygen atoms in total. The monoisotopic (exact) mass is 328 g/mol. The summed E-state index contributed by atoms with van der Waals surface area (Å²) in [7, 11) is 1.77. The lowest BCUT2D eigenvalue weighted by atomic mass is 10.0. The lowest BCUT2D eigenvalue weighted by molar-refractivity contribution is 0.0797. The second-order valence-electron chi connectivity index (χ2n) is 5.29. The molecule has 0 fully saturated rings. The summed E-state index contributed by atoms with van der Waals surface area (Å²) in [6, 6.07) is 9.43. The SMILES string of the molecule is CCN(C)C(=O)c1cc(-c2[nH]ncc2-c2cccc(Cl)c2)c[nH]1. The number of benzene rings is 1. The maximum absolute atomic E-state index is 12.2. The van der Waals surface area contributed by atoms with E-state index in [1.165, 1.54) is 0 Å². The largest absolute Gasteiger partial charge is 0.357 e. The molecule has 0 unspecified atom stereocenters. The van der Waals surface area contributed by atoms with Crippen LogP contribution in [0.2, 0.25) is 5.02 Å². The number of carbonyl (C=O) groups is 1. The van der Waals surface area contributed by atoms with Gasteiger partial charge in [-0.15, -0.1) is 0 Å². The predicted octanol–water partition coefficient (Wildman–Crippen LogP) is 3.82. The van der Waals surface area contributed by atoms with Crippen molar-refractivity contribution in [3.8, 4) is 22.4 Å². The van der Waals surface area contributed by atoms with Crippen LogP contribution in [0.1, 0.15) is 17.4 Å². The zero-order valence-electron chi connectivity index (χ0n) is 12.9. The molecule has 0 saturated heterocycles. The van der Waals surface area contributed by atoms with Crippen LogP contribution in [-0.4, -0.2) is 39.6 Å². The summed E-state index contributed by atoms with van der Waals surface area (Å²) in [5.74, 6) is -0.0393. The lowest BCUT2D eigenvalue weighted by Crippen LogP contribution is -2.26. The number of aromatic amines is 2. The number of carbonyl (C=O) groups excluding carboxylic acids is 1. The van der Waals surface area contributed by atoms with E-state index >= 15 is 0 Å². The van der Waals surface area contributed by atoms with Crippen molar-refractivity contribution in [1.29, 1.82) is 0 Å². The average Bonchev–Trinajstić information content (AvgIpc) is 3.21. The molecule has 1 aromatic carbocycles. The molecule has 0 aliphatic heterocycles. The van der Waals surface area contributed by atoms with E-state index in [1.54, 1.807) is 24.3 Å². The molecule has 1 amide bonds. The van der Waals surface area contributed by atoms with Crippen LogP contribution < -0.4 is 0 Å². The van der Waals surface area contributed by atoms with Gasteiger partial charge in [-0.3, -0.25) is 9.89 Å². The van der Waals surface area contributed by atoms with Gasteiger partial charge in [0.05, 0.1) is 11.9 Å². The zero-order valence-corrected chi connectivity index (χ0v) is 13.7. The van der Waals surface area contributed by atoms with Crippen molar-refractivity contribution >= 4 is 17.5 Å². The quantitative estimate of drug-likeness (QED) is 0.764. The summed E-state index contributed by atoms with van der Waals surface area (Å²) in [5.41, 5.74) is 4.19. The van der Waals surface area contributed by atoms with Crippen molar-refractivity contribution in [2.75, 3.05) is 13.6 Å². The van der Waals surface area contributed by atoms with Crippen molar-refractivity contribution in [2.24, 2.45) is 0 Å². The van der Waals surface area contributed by atoms with Gasteiger partial charge in [0.1, 0.15) is 5.69 Å². The Kier molecular flexibility index (Phi) is 4.21. The topological polar surface area (TPSA) is 64.8 Å². The number of halogens is 1. The zero-order chi connectivity index (χ0) is 16.4. The van der Waals surface area contributed by atoms with Gasteiger partial charge in [-0.05, 0) is 30.7 Å². The molecule has 0 saturated carbocycles. The number of hydrogen-bond acceptors (Lipinski definition) is 2. The van der Waals surface area contributed by atoms with Crippen LogP contribution in [0.5, 0.6) is 0 Å². The second-order valence-corrected chi connectivity index (χ2v) is 5.73. The van der Waals surface area contributed by atoms with Crippen LogP contribution in [0.15, 0.2) is 42.7 Å². The average molecular weight is 329 g/mol. The molecule has 6 heteroatoms. The molecular formula is C17H17ClN4O. The predicted molar refractivity (Wildman–Crippen MR) is 91.5 cm³/mol. The minimum Gasteiger partial charge on any atom is -0.357 e. The Morgan fingerprint density at radius 3 is 2.87 bits per heavy atom. The van der Waals surface area contributed by atoms with Crippen LogP contribution in [0, 0.1) is 0 Å². The van der Waals surface area contributed by atoms with Crippen LogP contribution in [0.25, 0.3) is 22.4 Å². The highest BCUT2D eigenvalue weighted by molar-refractivity contribution is 6.30. The summed E-state index contributed by atoms with van der Waals surface area (Å²) in [4.78, 5) is 16.9. The van der Waals surface area contributed by atoms with Crippen molar-refractivity contribution in [3.63, 3.8) is 0 Å². The first kappa shape index (κ1) is 15.4. The molecule has 0 atom stereocenters. The number of H-pyrrole nitrogens is 2. The van der Waals surface area contributed by atoms with Crippen molar-refractivity contribution in [2.45, 2.75) is 6.92 Å². The van der Waals surface area contributed by atoms with Gasteiger partial charge < -0.3 is 9.88 Å². The van der Waals surface area contributed by atoms with Gasteiger partial charge in [-0.25, -0.2) is 0 Å². The second kappa shape index (κ2) is 6.30. The van der Waals surface area contributed by atoms with E-state index in [-0.39, 0.29) is 5.91 Å². The van der Waals surface area contributed by atoms with Crippen LogP contribution >= 0.6 is 11.6 Å². The minimum absolute atomic E-state index is 0.0393. The molecule has 0 aliphatic carbocycles. The Bertz CT molecular complexity index is 836. The summed E-state index contributed by atoms with van der Waals surface area (Å²) < 4.78 is 0. The Balaban J connectivity index is 1.97. The van der Waals surface area contributed by atoms with Gasteiger partial charge in [-0.1, -0.05) is 23.7 Å². The fourth-order valence-electron chi connectivity index (χ4n) is 2.39. The maximum Gasteiger partial charge on any atom is 0.270 e. The van der Waals surface area contributed by atoms with E-state index in [0.29, 0.717) is 17.3 Å². The first-order valence-corrected chi connectivity index (χ1v) is 7.71. The Morgan fingerprint density at radius 2 is 2.13 bits per heavy atom. The molecule has 3 rings (SSSR count). The minimum atomic E-state index is -0.0393. The maximum atomic E-state index is 12.2. The Morgan fingerprint density at radius 1 is 1.30 bits per heavy atom. The van der Waals surface area contributed by atoms with Crippen molar-refractivity contribution in [3.05, 3.63) is 53.4 Å². The normalized spacial score (nSPS) is 10.7. The van der Waals surface area contributed by atoms with E-state index in [0.717, 1.165) is 22.4 Å². The molecule has 118 valence electrons. The third kappa shape index (κ3) is 3.00. The van der Waals surface area contributed by atoms with Gasteiger partial charge in [0.15, 0.2) is 0 Å². The molecule has 2 heterocycles. The fraction of sp³-hybridized carbons (Fsp3) is 0.176. The number of amides is 1. The Hall–Kier alpha value is -2.53. The summed E-state index contributed by atoms with van der Waals surface area (Å²) in [6.07, 6.45) is 3.56. The van der Waals surface area contributed by atoms with Crippen LogP contribution in [-0.2, 0) is 0 Å². The summed E-state index contributed by atoms with van der Waals surface area (Å²) in [6.45, 7) is 2.60. The lowest BCUT2D eigenvalue weighted by Gasteiger charge is -2.12. The smallest absolute Gasteiger partial charge is 0.270 e. The van der Waals surface area contributed by atoms with Crippen molar-refractivity contribution < 1.29 is 4.79 Å². The molecule has 23 heavy (non-hydrogen) atoms. The first-order valence-electron chi connectivity index (χ1n) is 7.33. The van der Waals surface area contributed by atoms with Gasteiger partial charge in [0.25, 0.3) is 5.91 Å². The van der Waals surface area contributed by atoms with E-state index in [4.69, 9.17) is 11.6 Å². The molecule has 3 aromatic rings. The Labute approximate surface area is 139 Å². The van der Waals surface area contributed by atoms with Gasteiger partial charge in [0, 0.05) is 35.9 Å². The highest BCUT2D eigenvalue weighted by Crippen LogP contribution is 2.31. The van der Waals surface area contributed by atoms with Gasteiger partial charge in [0.2, 0.25) is 0 Å². The molecule has 0 radical (unpaired) electrons. The fourth-order valence-corrected chi connectivity index (χ4v) is 2.58. The van der Waals surface area contributed by atoms with Gasteiger partial charge >= 0.3 is 0 Å². The van der Waals surface area contributed by atoms with E-state index in [1.807, 2.05) is 37.3 Å². The van der Waals surface area contributed by atoms with Gasteiger partial charge in [-0.2, -0.15) is 5.10 Å².